The van der Waals surface area contributed by atoms with Crippen molar-refractivity contribution in [2.45, 2.75) is 31.4 Å². The number of aliphatic hydroxyl groups is 1. The number of aryl methyl sites for hydroxylation is 1. The molecule has 0 aromatic heterocycles. The molecule has 2 atom stereocenters. The maximum Gasteiger partial charge on any atom is 0.335 e. The number of rotatable bonds is 7. The lowest BCUT2D eigenvalue weighted by Crippen LogP contribution is -2.37. The molecule has 0 amide bonds. The summed E-state index contributed by atoms with van der Waals surface area (Å²) in [6.07, 6.45) is 2.21. The van der Waals surface area contributed by atoms with Gasteiger partial charge in [0.2, 0.25) is 0 Å². The lowest BCUT2D eigenvalue weighted by molar-refractivity contribution is 0.0696. The number of nitrogens with one attached hydrogen (secondary N) is 1. The summed E-state index contributed by atoms with van der Waals surface area (Å²) >= 11 is 5.91. The highest BCUT2D eigenvalue weighted by Gasteiger charge is 2.20. The molecule has 1 aliphatic rings. The molecule has 0 unspecified atom stereocenters. The van der Waals surface area contributed by atoms with Gasteiger partial charge in [0.05, 0.1) is 11.7 Å². The topological polar surface area (TPSA) is 78.8 Å². The van der Waals surface area contributed by atoms with E-state index in [2.05, 4.69) is 11.4 Å². The van der Waals surface area contributed by atoms with Crippen LogP contribution >= 0.6 is 11.6 Å². The van der Waals surface area contributed by atoms with Crippen molar-refractivity contribution in [3.8, 4) is 11.5 Å². The number of hydrogen-bond donors (Lipinski definition) is 3. The smallest absolute Gasteiger partial charge is 0.335 e. The van der Waals surface area contributed by atoms with Gasteiger partial charge in [0.25, 0.3) is 0 Å². The molecule has 0 heterocycles. The standard InChI is InChI=1S/C25H24ClNO4/c26-20-8-4-17(5-9-20)24(28)15-27-21-10-6-16-7-11-23(14-19(16)12-21)31-22-3-1-2-18(13-22)25(29)30/h1-5,7-9,11,13-14,21,24,27-28H,6,10,12,15H2,(H,29,30)/t21-,24-/m0/s1. The van der Waals surface area contributed by atoms with E-state index >= 15 is 0 Å². The monoisotopic (exact) mass is 437 g/mol. The number of hydrogen-bond acceptors (Lipinski definition) is 4. The number of aliphatic hydroxyl groups excluding tert-OH is 1. The van der Waals surface area contributed by atoms with Gasteiger partial charge in [0.1, 0.15) is 11.5 Å². The van der Waals surface area contributed by atoms with Crippen LogP contribution in [0.5, 0.6) is 11.5 Å². The molecule has 5 nitrogen and oxygen atoms in total. The number of fused-ring (bicyclic) bond motifs is 1. The molecule has 3 aromatic rings. The van der Waals surface area contributed by atoms with Crippen LogP contribution in [-0.2, 0) is 12.8 Å². The van der Waals surface area contributed by atoms with E-state index in [0.29, 0.717) is 23.1 Å². The average molecular weight is 438 g/mol. The molecule has 0 bridgehead atoms. The third-order valence-corrected chi connectivity index (χ3v) is 5.83. The van der Waals surface area contributed by atoms with E-state index in [1.165, 1.54) is 23.3 Å². The van der Waals surface area contributed by atoms with E-state index in [4.69, 9.17) is 21.4 Å². The predicted molar refractivity (Wildman–Crippen MR) is 120 cm³/mol. The van der Waals surface area contributed by atoms with Crippen LogP contribution in [0.15, 0.2) is 66.7 Å². The maximum atomic E-state index is 11.2. The van der Waals surface area contributed by atoms with Gasteiger partial charge < -0.3 is 20.3 Å². The molecular weight excluding hydrogens is 414 g/mol. The number of ether oxygens (including phenoxy) is 1. The van der Waals surface area contributed by atoms with Crippen LogP contribution in [0.1, 0.15) is 39.6 Å². The highest BCUT2D eigenvalue weighted by Crippen LogP contribution is 2.29. The van der Waals surface area contributed by atoms with Crippen molar-refractivity contribution in [3.63, 3.8) is 0 Å². The third-order valence-electron chi connectivity index (χ3n) is 5.58. The number of carbonyl (C=O) groups is 1. The molecule has 0 fully saturated rings. The van der Waals surface area contributed by atoms with Gasteiger partial charge in [0.15, 0.2) is 0 Å². The van der Waals surface area contributed by atoms with E-state index in [-0.39, 0.29) is 11.6 Å². The average Bonchev–Trinajstić information content (AvgIpc) is 2.78. The molecule has 3 N–H and O–H groups in total. The molecule has 4 rings (SSSR count). The van der Waals surface area contributed by atoms with E-state index in [1.54, 1.807) is 24.3 Å². The third kappa shape index (κ3) is 5.44. The van der Waals surface area contributed by atoms with Crippen molar-refractivity contribution >= 4 is 17.6 Å². The second-order valence-corrected chi connectivity index (χ2v) is 8.22. The summed E-state index contributed by atoms with van der Waals surface area (Å²) in [6.45, 7) is 0.472. The fraction of sp³-hybridized carbons (Fsp3) is 0.240. The summed E-state index contributed by atoms with van der Waals surface area (Å²) in [5, 5.41) is 23.7. The lowest BCUT2D eigenvalue weighted by atomic mass is 9.88. The van der Waals surface area contributed by atoms with Crippen LogP contribution in [0.2, 0.25) is 5.02 Å². The van der Waals surface area contributed by atoms with Gasteiger partial charge in [-0.05, 0) is 78.4 Å². The van der Waals surface area contributed by atoms with Gasteiger partial charge >= 0.3 is 5.97 Å². The van der Waals surface area contributed by atoms with Crippen LogP contribution in [0.4, 0.5) is 0 Å². The molecule has 1 aliphatic carbocycles. The molecule has 0 aliphatic heterocycles. The zero-order valence-corrected chi connectivity index (χ0v) is 17.7. The van der Waals surface area contributed by atoms with Gasteiger partial charge in [-0.1, -0.05) is 35.9 Å². The van der Waals surface area contributed by atoms with Gasteiger partial charge in [-0.25, -0.2) is 4.79 Å². The van der Waals surface area contributed by atoms with Crippen LogP contribution in [0.25, 0.3) is 0 Å². The molecule has 6 heteroatoms. The lowest BCUT2D eigenvalue weighted by Gasteiger charge is -2.27. The number of halogens is 1. The number of aromatic carboxylic acids is 1. The van der Waals surface area contributed by atoms with Crippen molar-refractivity contribution in [3.05, 3.63) is 94.0 Å². The normalized spacial score (nSPS) is 16.4. The zero-order chi connectivity index (χ0) is 21.8. The minimum atomic E-state index is -0.981. The van der Waals surface area contributed by atoms with E-state index in [1.807, 2.05) is 24.3 Å². The van der Waals surface area contributed by atoms with Crippen LogP contribution in [0, 0.1) is 0 Å². The summed E-state index contributed by atoms with van der Waals surface area (Å²) in [7, 11) is 0. The Bertz CT molecular complexity index is 1070. The Balaban J connectivity index is 1.38. The minimum Gasteiger partial charge on any atom is -0.478 e. The Kier molecular flexibility index (Phi) is 6.56. The first-order valence-electron chi connectivity index (χ1n) is 10.3. The maximum absolute atomic E-state index is 11.2. The second-order valence-electron chi connectivity index (χ2n) is 7.78. The fourth-order valence-electron chi connectivity index (χ4n) is 3.88. The molecular formula is C25H24ClNO4. The first-order valence-corrected chi connectivity index (χ1v) is 10.7. The SMILES string of the molecule is O=C(O)c1cccc(Oc2ccc3c(c2)C[C@@H](NC[C@H](O)c2ccc(Cl)cc2)CC3)c1. The first kappa shape index (κ1) is 21.4. The Labute approximate surface area is 186 Å². The molecule has 31 heavy (non-hydrogen) atoms. The number of carboxylic acid groups (broad SMARTS) is 1. The summed E-state index contributed by atoms with van der Waals surface area (Å²) in [5.74, 6) is 0.199. The zero-order valence-electron chi connectivity index (χ0n) is 16.9. The Morgan fingerprint density at radius 2 is 1.84 bits per heavy atom. The Morgan fingerprint density at radius 1 is 1.06 bits per heavy atom. The Hall–Kier alpha value is -2.86. The second kappa shape index (κ2) is 9.52. The summed E-state index contributed by atoms with van der Waals surface area (Å²) in [6, 6.07) is 20.0. The molecule has 0 saturated heterocycles. The molecule has 0 saturated carbocycles. The van der Waals surface area contributed by atoms with Crippen molar-refractivity contribution in [2.24, 2.45) is 0 Å². The van der Waals surface area contributed by atoms with E-state index < -0.39 is 12.1 Å². The highest BCUT2D eigenvalue weighted by molar-refractivity contribution is 6.30. The van der Waals surface area contributed by atoms with Crippen molar-refractivity contribution in [1.82, 2.24) is 5.32 Å². The predicted octanol–water partition coefficient (Wildman–Crippen LogP) is 5.01. The number of carboxylic acids is 1. The van der Waals surface area contributed by atoms with Gasteiger partial charge in [0, 0.05) is 17.6 Å². The van der Waals surface area contributed by atoms with Crippen molar-refractivity contribution in [2.75, 3.05) is 6.54 Å². The minimum absolute atomic E-state index is 0.193. The summed E-state index contributed by atoms with van der Waals surface area (Å²) in [5.41, 5.74) is 3.53. The molecule has 0 spiro atoms. The summed E-state index contributed by atoms with van der Waals surface area (Å²) in [4.78, 5) is 11.2. The largest absolute Gasteiger partial charge is 0.478 e. The van der Waals surface area contributed by atoms with E-state index in [9.17, 15) is 9.90 Å². The highest BCUT2D eigenvalue weighted by atomic mass is 35.5. The van der Waals surface area contributed by atoms with Crippen molar-refractivity contribution in [1.29, 1.82) is 0 Å². The van der Waals surface area contributed by atoms with Crippen LogP contribution < -0.4 is 10.1 Å². The first-order chi connectivity index (χ1) is 15.0. The molecule has 3 aromatic carbocycles. The quantitative estimate of drug-likeness (QED) is 0.484. The van der Waals surface area contributed by atoms with Gasteiger partial charge in [-0.15, -0.1) is 0 Å². The van der Waals surface area contributed by atoms with Crippen LogP contribution in [0.3, 0.4) is 0 Å². The number of benzene rings is 3. The van der Waals surface area contributed by atoms with E-state index in [0.717, 1.165) is 24.8 Å². The molecule has 0 radical (unpaired) electrons. The molecule has 160 valence electrons. The van der Waals surface area contributed by atoms with Crippen molar-refractivity contribution < 1.29 is 19.7 Å². The van der Waals surface area contributed by atoms with Gasteiger partial charge in [-0.3, -0.25) is 0 Å². The summed E-state index contributed by atoms with van der Waals surface area (Å²) < 4.78 is 5.90. The fourth-order valence-corrected chi connectivity index (χ4v) is 4.01. The Morgan fingerprint density at radius 3 is 2.61 bits per heavy atom. The van der Waals surface area contributed by atoms with Gasteiger partial charge in [-0.2, -0.15) is 0 Å². The van der Waals surface area contributed by atoms with Crippen LogP contribution in [-0.4, -0.2) is 28.8 Å².